The predicted molar refractivity (Wildman–Crippen MR) is 181 cm³/mol. The second-order valence-electron chi connectivity index (χ2n) is 11.5. The SMILES string of the molecule is CN/N=C(\N=N)NC(=O)c1ccc(CN(C(=O)NC(C)c2ccc3c(OC)cccc3c2)c2ccc(C3CCCCC3)cc2)cc1. The van der Waals surface area contributed by atoms with Crippen LogP contribution in [0.4, 0.5) is 10.5 Å². The molecule has 238 valence electrons. The molecule has 4 N–H and O–H groups in total. The van der Waals surface area contributed by atoms with E-state index in [0.29, 0.717) is 18.0 Å². The average molecular weight is 620 g/mol. The second-order valence-corrected chi connectivity index (χ2v) is 11.5. The first-order chi connectivity index (χ1) is 22.4. The normalized spacial score (nSPS) is 14.3. The highest BCUT2D eigenvalue weighted by Crippen LogP contribution is 2.34. The van der Waals surface area contributed by atoms with Gasteiger partial charge in [0.25, 0.3) is 11.9 Å². The molecule has 0 radical (unpaired) electrons. The van der Waals surface area contributed by atoms with Gasteiger partial charge in [0.2, 0.25) is 0 Å². The number of carbonyl (C=O) groups is 2. The van der Waals surface area contributed by atoms with Gasteiger partial charge in [0, 0.05) is 23.7 Å². The van der Waals surface area contributed by atoms with Crippen LogP contribution in [0, 0.1) is 5.53 Å². The van der Waals surface area contributed by atoms with Crippen molar-refractivity contribution in [1.29, 1.82) is 5.53 Å². The van der Waals surface area contributed by atoms with Crippen molar-refractivity contribution >= 4 is 34.4 Å². The molecule has 1 fully saturated rings. The standard InChI is InChI=1S/C36H41N7O3/c1-24(29-18-21-32-30(22-29)10-7-11-33(32)46-3)39-36(45)43(31-19-16-27(17-20-31)26-8-5-4-6-9-26)23-25-12-14-28(15-13-25)34(44)40-35(41-37)42-38-2/h7,10-22,24,26,37-38H,4-6,8-9,23H2,1-3H3,(H,39,45)(H,40,42,44). The van der Waals surface area contributed by atoms with E-state index >= 15 is 0 Å². The van der Waals surface area contributed by atoms with Crippen LogP contribution in [0.2, 0.25) is 0 Å². The van der Waals surface area contributed by atoms with Crippen LogP contribution < -0.4 is 25.7 Å². The van der Waals surface area contributed by atoms with Crippen LogP contribution >= 0.6 is 0 Å². The molecule has 1 atom stereocenters. The molecule has 1 saturated carbocycles. The molecular weight excluding hydrogens is 578 g/mol. The van der Waals surface area contributed by atoms with Crippen LogP contribution in [-0.2, 0) is 6.54 Å². The van der Waals surface area contributed by atoms with Gasteiger partial charge in [-0.05, 0) is 84.2 Å². The van der Waals surface area contributed by atoms with Crippen LogP contribution in [0.5, 0.6) is 5.75 Å². The first-order valence-corrected chi connectivity index (χ1v) is 15.7. The molecule has 46 heavy (non-hydrogen) atoms. The maximum absolute atomic E-state index is 14.0. The zero-order chi connectivity index (χ0) is 32.5. The Balaban J connectivity index is 1.37. The molecule has 0 heterocycles. The van der Waals surface area contributed by atoms with Crippen molar-refractivity contribution in [3.05, 3.63) is 107 Å². The monoisotopic (exact) mass is 619 g/mol. The summed E-state index contributed by atoms with van der Waals surface area (Å²) in [4.78, 5) is 28.3. The van der Waals surface area contributed by atoms with Gasteiger partial charge in [-0.15, -0.1) is 10.2 Å². The minimum Gasteiger partial charge on any atom is -0.496 e. The summed E-state index contributed by atoms with van der Waals surface area (Å²) in [6, 6.07) is 26.9. The topological polar surface area (TPSA) is 131 Å². The molecule has 0 spiro atoms. The molecular formula is C36H41N7O3. The fourth-order valence-electron chi connectivity index (χ4n) is 6.01. The van der Waals surface area contributed by atoms with Crippen LogP contribution in [0.3, 0.4) is 0 Å². The summed E-state index contributed by atoms with van der Waals surface area (Å²) in [7, 11) is 3.22. The van der Waals surface area contributed by atoms with Gasteiger partial charge in [0.1, 0.15) is 5.75 Å². The number of methoxy groups -OCH3 is 1. The Morgan fingerprint density at radius 1 is 0.978 bits per heavy atom. The van der Waals surface area contributed by atoms with Crippen LogP contribution in [-0.4, -0.2) is 32.1 Å². The summed E-state index contributed by atoms with van der Waals surface area (Å²) >= 11 is 0. The van der Waals surface area contributed by atoms with Gasteiger partial charge in [-0.25, -0.2) is 10.3 Å². The number of carbonyl (C=O) groups excluding carboxylic acids is 2. The summed E-state index contributed by atoms with van der Waals surface area (Å²) in [5, 5.41) is 14.7. The number of amides is 3. The Labute approximate surface area is 269 Å². The van der Waals surface area contributed by atoms with E-state index in [0.717, 1.165) is 33.3 Å². The second kappa shape index (κ2) is 15.2. The van der Waals surface area contributed by atoms with Crippen molar-refractivity contribution in [3.8, 4) is 5.75 Å². The Morgan fingerprint density at radius 2 is 1.72 bits per heavy atom. The van der Waals surface area contributed by atoms with Gasteiger partial charge in [0.05, 0.1) is 19.7 Å². The highest BCUT2D eigenvalue weighted by molar-refractivity contribution is 6.05. The number of guanidine groups is 1. The van der Waals surface area contributed by atoms with Gasteiger partial charge in [-0.3, -0.25) is 15.0 Å². The molecule has 10 nitrogen and oxygen atoms in total. The Bertz CT molecular complexity index is 1700. The third-order valence-electron chi connectivity index (χ3n) is 8.56. The number of hydrazone groups is 1. The van der Waals surface area contributed by atoms with E-state index in [9.17, 15) is 9.59 Å². The average Bonchev–Trinajstić information content (AvgIpc) is 3.10. The Kier molecular flexibility index (Phi) is 10.6. The maximum Gasteiger partial charge on any atom is 0.322 e. The summed E-state index contributed by atoms with van der Waals surface area (Å²) in [5.41, 5.74) is 14.0. The van der Waals surface area contributed by atoms with E-state index < -0.39 is 5.91 Å². The molecule has 5 rings (SSSR count). The lowest BCUT2D eigenvalue weighted by molar-refractivity contribution is 0.0976. The number of benzene rings is 4. The fraction of sp³-hybridized carbons (Fsp3) is 0.306. The fourth-order valence-corrected chi connectivity index (χ4v) is 6.01. The molecule has 0 saturated heterocycles. The van der Waals surface area contributed by atoms with E-state index in [-0.39, 0.29) is 18.0 Å². The zero-order valence-electron chi connectivity index (χ0n) is 26.5. The lowest BCUT2D eigenvalue weighted by atomic mass is 9.84. The Hall–Kier alpha value is -5.25. The van der Waals surface area contributed by atoms with Gasteiger partial charge >= 0.3 is 6.03 Å². The van der Waals surface area contributed by atoms with Crippen LogP contribution in [0.15, 0.2) is 95.1 Å². The molecule has 10 heteroatoms. The number of hydrogen-bond donors (Lipinski definition) is 4. The number of nitrogens with zero attached hydrogens (tertiary/aromatic N) is 3. The molecule has 1 unspecified atom stereocenters. The highest BCUT2D eigenvalue weighted by atomic mass is 16.5. The van der Waals surface area contributed by atoms with E-state index in [2.05, 4.69) is 44.5 Å². The van der Waals surface area contributed by atoms with Crippen molar-refractivity contribution in [2.24, 2.45) is 10.2 Å². The summed E-state index contributed by atoms with van der Waals surface area (Å²) in [5.74, 6) is 0.795. The molecule has 4 aromatic carbocycles. The van der Waals surface area contributed by atoms with Crippen LogP contribution in [0.25, 0.3) is 10.8 Å². The first kappa shape index (κ1) is 32.2. The maximum atomic E-state index is 14.0. The minimum absolute atomic E-state index is 0.143. The number of rotatable bonds is 9. The summed E-state index contributed by atoms with van der Waals surface area (Å²) in [6.07, 6.45) is 6.23. The van der Waals surface area contributed by atoms with Gasteiger partial charge < -0.3 is 15.5 Å². The molecule has 0 bridgehead atoms. The lowest BCUT2D eigenvalue weighted by Gasteiger charge is -2.27. The van der Waals surface area contributed by atoms with E-state index in [1.807, 2.05) is 61.5 Å². The third-order valence-corrected chi connectivity index (χ3v) is 8.56. The number of hydrogen-bond acceptors (Lipinski definition) is 6. The van der Waals surface area contributed by atoms with Crippen molar-refractivity contribution in [2.45, 2.75) is 57.5 Å². The molecule has 0 aromatic heterocycles. The largest absolute Gasteiger partial charge is 0.496 e. The first-order valence-electron chi connectivity index (χ1n) is 15.7. The number of fused-ring (bicyclic) bond motifs is 1. The van der Waals surface area contributed by atoms with E-state index in [4.69, 9.17) is 10.3 Å². The molecule has 3 amide bonds. The van der Waals surface area contributed by atoms with Gasteiger partial charge in [0.15, 0.2) is 0 Å². The number of ether oxygens (including phenoxy) is 1. The molecule has 4 aromatic rings. The minimum atomic E-state index is -0.439. The van der Waals surface area contributed by atoms with Gasteiger partial charge in [-0.1, -0.05) is 67.8 Å². The quantitative estimate of drug-likeness (QED) is 0.0664. The summed E-state index contributed by atoms with van der Waals surface area (Å²) < 4.78 is 5.51. The van der Waals surface area contributed by atoms with Crippen LogP contribution in [0.1, 0.15) is 78.0 Å². The Morgan fingerprint density at radius 3 is 2.39 bits per heavy atom. The number of urea groups is 1. The lowest BCUT2D eigenvalue weighted by Crippen LogP contribution is -2.40. The molecule has 1 aliphatic rings. The smallest absolute Gasteiger partial charge is 0.322 e. The predicted octanol–water partition coefficient (Wildman–Crippen LogP) is 7.62. The van der Waals surface area contributed by atoms with Crippen molar-refractivity contribution in [2.75, 3.05) is 19.1 Å². The zero-order valence-corrected chi connectivity index (χ0v) is 26.5. The van der Waals surface area contributed by atoms with Crippen molar-refractivity contribution in [3.63, 3.8) is 0 Å². The van der Waals surface area contributed by atoms with E-state index in [1.165, 1.54) is 37.7 Å². The molecule has 1 aliphatic carbocycles. The highest BCUT2D eigenvalue weighted by Gasteiger charge is 2.21. The van der Waals surface area contributed by atoms with Gasteiger partial charge in [-0.2, -0.15) is 0 Å². The number of nitrogens with one attached hydrogen (secondary N) is 4. The molecule has 0 aliphatic heterocycles. The van der Waals surface area contributed by atoms with E-state index in [1.54, 1.807) is 31.2 Å². The van der Waals surface area contributed by atoms with Crippen molar-refractivity contribution in [1.82, 2.24) is 16.1 Å². The summed E-state index contributed by atoms with van der Waals surface area (Å²) in [6.45, 7) is 2.28. The number of anilines is 1. The third kappa shape index (κ3) is 7.69. The van der Waals surface area contributed by atoms with Crippen molar-refractivity contribution < 1.29 is 14.3 Å².